The van der Waals surface area contributed by atoms with Gasteiger partial charge in [-0.05, 0) is 49.2 Å². The summed E-state index contributed by atoms with van der Waals surface area (Å²) < 4.78 is 0. The Morgan fingerprint density at radius 1 is 0.963 bits per heavy atom. The first kappa shape index (κ1) is 18.9. The molecule has 6 nitrogen and oxygen atoms in total. The number of nitrogens with two attached hydrogens (primary N) is 1. The summed E-state index contributed by atoms with van der Waals surface area (Å²) in [6.07, 6.45) is 2.41. The molecule has 1 unspecified atom stereocenters. The van der Waals surface area contributed by atoms with Crippen LogP contribution < -0.4 is 16.4 Å². The van der Waals surface area contributed by atoms with Crippen molar-refractivity contribution >= 4 is 11.9 Å². The molecule has 1 heterocycles. The molecule has 27 heavy (non-hydrogen) atoms. The number of nitrogens with one attached hydrogen (secondary N) is 2. The van der Waals surface area contributed by atoms with E-state index in [9.17, 15) is 9.59 Å². The fourth-order valence-corrected chi connectivity index (χ4v) is 3.44. The molecule has 1 aliphatic rings. The van der Waals surface area contributed by atoms with Gasteiger partial charge in [0.15, 0.2) is 0 Å². The van der Waals surface area contributed by atoms with Gasteiger partial charge < -0.3 is 16.4 Å². The van der Waals surface area contributed by atoms with Crippen LogP contribution >= 0.6 is 0 Å². The van der Waals surface area contributed by atoms with Crippen molar-refractivity contribution in [3.05, 3.63) is 71.3 Å². The van der Waals surface area contributed by atoms with E-state index in [4.69, 9.17) is 5.73 Å². The molecule has 3 amide bonds. The summed E-state index contributed by atoms with van der Waals surface area (Å²) >= 11 is 0. The second-order valence-electron chi connectivity index (χ2n) is 6.79. The Kier molecular flexibility index (Phi) is 6.44. The number of primary amides is 1. The molecule has 2 aromatic rings. The minimum atomic E-state index is -0.564. The van der Waals surface area contributed by atoms with Crippen LogP contribution in [0.5, 0.6) is 0 Å². The average Bonchev–Trinajstić information content (AvgIpc) is 3.22. The Bertz CT molecular complexity index is 756. The van der Waals surface area contributed by atoms with Crippen LogP contribution in [0.15, 0.2) is 54.6 Å². The molecule has 4 N–H and O–H groups in total. The number of carbonyl (C=O) groups excluding carboxylic acids is 2. The van der Waals surface area contributed by atoms with Crippen molar-refractivity contribution in [1.82, 2.24) is 15.5 Å². The summed E-state index contributed by atoms with van der Waals surface area (Å²) in [7, 11) is 0. The molecule has 0 radical (unpaired) electrons. The van der Waals surface area contributed by atoms with Gasteiger partial charge in [0.2, 0.25) is 0 Å². The van der Waals surface area contributed by atoms with Gasteiger partial charge >= 0.3 is 6.03 Å². The first-order valence-electron chi connectivity index (χ1n) is 9.33. The van der Waals surface area contributed by atoms with E-state index in [0.717, 1.165) is 18.7 Å². The molecule has 142 valence electrons. The third-order valence-electron chi connectivity index (χ3n) is 4.90. The molecule has 1 aliphatic heterocycles. The molecule has 1 fully saturated rings. The van der Waals surface area contributed by atoms with Crippen molar-refractivity contribution < 1.29 is 9.59 Å². The van der Waals surface area contributed by atoms with E-state index in [0.29, 0.717) is 18.7 Å². The van der Waals surface area contributed by atoms with Gasteiger partial charge in [0.1, 0.15) is 0 Å². The predicted octanol–water partition coefficient (Wildman–Crippen LogP) is 2.42. The SMILES string of the molecule is NC(=O)NCc1ccc(C(=O)NCC(c2ccccc2)N2CCCC2)cc1. The zero-order valence-corrected chi connectivity index (χ0v) is 15.4. The van der Waals surface area contributed by atoms with Crippen molar-refractivity contribution in [3.63, 3.8) is 0 Å². The van der Waals surface area contributed by atoms with E-state index < -0.39 is 6.03 Å². The molecule has 0 aliphatic carbocycles. The standard InChI is InChI=1S/C21H26N4O2/c22-21(27)24-14-16-8-10-18(11-9-16)20(26)23-15-19(25-12-4-5-13-25)17-6-2-1-3-7-17/h1-3,6-11,19H,4-5,12-15H2,(H,23,26)(H3,22,24,27). The van der Waals surface area contributed by atoms with Crippen molar-refractivity contribution in [2.24, 2.45) is 5.73 Å². The maximum Gasteiger partial charge on any atom is 0.312 e. The van der Waals surface area contributed by atoms with Crippen LogP contribution in [-0.2, 0) is 6.54 Å². The number of nitrogens with zero attached hydrogens (tertiary/aromatic N) is 1. The molecule has 6 heteroatoms. The van der Waals surface area contributed by atoms with E-state index in [2.05, 4.69) is 27.7 Å². The number of hydrogen-bond acceptors (Lipinski definition) is 3. The number of carbonyl (C=O) groups is 2. The van der Waals surface area contributed by atoms with Gasteiger partial charge in [-0.25, -0.2) is 4.79 Å². The molecule has 3 rings (SSSR count). The number of urea groups is 1. The summed E-state index contributed by atoms with van der Waals surface area (Å²) in [5, 5.41) is 5.61. The van der Waals surface area contributed by atoms with Gasteiger partial charge in [0, 0.05) is 18.7 Å². The number of likely N-dealkylation sites (tertiary alicyclic amines) is 1. The molecule has 0 aromatic heterocycles. The number of rotatable bonds is 7. The van der Waals surface area contributed by atoms with Crippen LogP contribution in [-0.4, -0.2) is 36.5 Å². The monoisotopic (exact) mass is 366 g/mol. The van der Waals surface area contributed by atoms with Crippen molar-refractivity contribution in [2.45, 2.75) is 25.4 Å². The Morgan fingerprint density at radius 2 is 1.63 bits per heavy atom. The van der Waals surface area contributed by atoms with E-state index in [1.54, 1.807) is 12.1 Å². The average molecular weight is 366 g/mol. The number of benzene rings is 2. The second-order valence-corrected chi connectivity index (χ2v) is 6.79. The third kappa shape index (κ3) is 5.31. The van der Waals surface area contributed by atoms with Gasteiger partial charge in [-0.15, -0.1) is 0 Å². The second kappa shape index (κ2) is 9.19. The molecule has 0 saturated carbocycles. The predicted molar refractivity (Wildman–Crippen MR) is 105 cm³/mol. The summed E-state index contributed by atoms with van der Waals surface area (Å²) in [6.45, 7) is 3.06. The minimum Gasteiger partial charge on any atom is -0.352 e. The zero-order valence-electron chi connectivity index (χ0n) is 15.4. The summed E-state index contributed by atoms with van der Waals surface area (Å²) in [4.78, 5) is 25.8. The fourth-order valence-electron chi connectivity index (χ4n) is 3.44. The highest BCUT2D eigenvalue weighted by Crippen LogP contribution is 2.24. The lowest BCUT2D eigenvalue weighted by atomic mass is 10.1. The van der Waals surface area contributed by atoms with E-state index in [-0.39, 0.29) is 11.9 Å². The number of amides is 3. The Labute approximate surface area is 159 Å². The van der Waals surface area contributed by atoms with Crippen LogP contribution in [0.3, 0.4) is 0 Å². The first-order valence-corrected chi connectivity index (χ1v) is 9.33. The topological polar surface area (TPSA) is 87.5 Å². The smallest absolute Gasteiger partial charge is 0.312 e. The third-order valence-corrected chi connectivity index (χ3v) is 4.90. The fraction of sp³-hybridized carbons (Fsp3) is 0.333. The highest BCUT2D eigenvalue weighted by molar-refractivity contribution is 5.94. The highest BCUT2D eigenvalue weighted by atomic mass is 16.2. The van der Waals surface area contributed by atoms with Gasteiger partial charge in [-0.2, -0.15) is 0 Å². The van der Waals surface area contributed by atoms with E-state index >= 15 is 0 Å². The molecule has 0 bridgehead atoms. The van der Waals surface area contributed by atoms with Crippen LogP contribution in [0.1, 0.15) is 40.4 Å². The number of hydrogen-bond donors (Lipinski definition) is 3. The molecular formula is C21H26N4O2. The lowest BCUT2D eigenvalue weighted by molar-refractivity contribution is 0.0938. The molecule has 2 aromatic carbocycles. The zero-order chi connectivity index (χ0) is 19.1. The van der Waals surface area contributed by atoms with Crippen LogP contribution in [0.4, 0.5) is 4.79 Å². The van der Waals surface area contributed by atoms with Crippen molar-refractivity contribution in [3.8, 4) is 0 Å². The molecule has 0 spiro atoms. The van der Waals surface area contributed by atoms with Crippen LogP contribution in [0, 0.1) is 0 Å². The minimum absolute atomic E-state index is 0.0930. The lowest BCUT2D eigenvalue weighted by Gasteiger charge is -2.28. The molecular weight excluding hydrogens is 340 g/mol. The quantitative estimate of drug-likeness (QED) is 0.703. The molecule has 1 atom stereocenters. The lowest BCUT2D eigenvalue weighted by Crippen LogP contribution is -2.36. The van der Waals surface area contributed by atoms with E-state index in [1.807, 2.05) is 30.3 Å². The summed E-state index contributed by atoms with van der Waals surface area (Å²) in [5.74, 6) is -0.0930. The van der Waals surface area contributed by atoms with Crippen LogP contribution in [0.2, 0.25) is 0 Å². The van der Waals surface area contributed by atoms with Crippen LogP contribution in [0.25, 0.3) is 0 Å². The largest absolute Gasteiger partial charge is 0.352 e. The molecule has 1 saturated heterocycles. The normalized spacial score (nSPS) is 15.3. The maximum atomic E-state index is 12.6. The summed E-state index contributed by atoms with van der Waals surface area (Å²) in [5.41, 5.74) is 7.79. The van der Waals surface area contributed by atoms with Gasteiger partial charge in [-0.3, -0.25) is 9.69 Å². The van der Waals surface area contributed by atoms with Gasteiger partial charge in [0.05, 0.1) is 6.04 Å². The van der Waals surface area contributed by atoms with E-state index in [1.165, 1.54) is 18.4 Å². The maximum absolute atomic E-state index is 12.6. The Morgan fingerprint density at radius 3 is 2.26 bits per heavy atom. The first-order chi connectivity index (χ1) is 13.1. The Hall–Kier alpha value is -2.86. The van der Waals surface area contributed by atoms with Crippen molar-refractivity contribution in [2.75, 3.05) is 19.6 Å². The highest BCUT2D eigenvalue weighted by Gasteiger charge is 2.23. The van der Waals surface area contributed by atoms with Gasteiger partial charge in [-0.1, -0.05) is 42.5 Å². The summed E-state index contributed by atoms with van der Waals surface area (Å²) in [6, 6.07) is 17.1. The van der Waals surface area contributed by atoms with Gasteiger partial charge in [0.25, 0.3) is 5.91 Å². The Balaban J connectivity index is 1.61. The van der Waals surface area contributed by atoms with Crippen molar-refractivity contribution in [1.29, 1.82) is 0 Å².